The third-order valence-electron chi connectivity index (χ3n) is 4.45. The molecular weight excluding hydrogens is 320 g/mol. The Morgan fingerprint density at radius 1 is 1.17 bits per heavy atom. The van der Waals surface area contributed by atoms with E-state index in [-0.39, 0.29) is 0 Å². The van der Waals surface area contributed by atoms with E-state index in [0.717, 1.165) is 34.7 Å². The summed E-state index contributed by atoms with van der Waals surface area (Å²) in [5.74, 6) is 0.856. The molecule has 0 atom stereocenters. The van der Waals surface area contributed by atoms with Gasteiger partial charge in [0, 0.05) is 38.4 Å². The molecule has 0 spiro atoms. The lowest BCUT2D eigenvalue weighted by Gasteiger charge is -2.02. The number of rotatable bonds is 3. The molecule has 0 saturated carbocycles. The predicted octanol–water partition coefficient (Wildman–Crippen LogP) is 4.98. The van der Waals surface area contributed by atoms with E-state index in [4.69, 9.17) is 9.15 Å². The lowest BCUT2D eigenvalue weighted by molar-refractivity contribution is 0.415. The van der Waals surface area contributed by atoms with E-state index in [0.29, 0.717) is 0 Å². The predicted molar refractivity (Wildman–Crippen MR) is 94.4 cm³/mol. The monoisotopic (exact) mass is 334 g/mol. The van der Waals surface area contributed by atoms with Gasteiger partial charge in [-0.15, -0.1) is 11.3 Å². The Kier molecular flexibility index (Phi) is 2.90. The molecule has 0 radical (unpaired) electrons. The van der Waals surface area contributed by atoms with Gasteiger partial charge in [-0.3, -0.25) is 5.10 Å². The van der Waals surface area contributed by atoms with E-state index in [1.165, 1.54) is 20.9 Å². The third kappa shape index (κ3) is 1.95. The summed E-state index contributed by atoms with van der Waals surface area (Å²) in [5.41, 5.74) is 6.95. The Morgan fingerprint density at radius 2 is 2.04 bits per heavy atom. The molecule has 0 fully saturated rings. The Labute approximate surface area is 142 Å². The topological polar surface area (TPSA) is 51.0 Å². The molecular formula is C19H14N2O2S. The molecule has 24 heavy (non-hydrogen) atoms. The highest BCUT2D eigenvalue weighted by Crippen LogP contribution is 2.46. The molecule has 1 N–H and O–H groups in total. The average Bonchev–Trinajstić information content (AvgIpc) is 3.36. The van der Waals surface area contributed by atoms with Crippen molar-refractivity contribution in [2.75, 3.05) is 7.11 Å². The van der Waals surface area contributed by atoms with Gasteiger partial charge in [-0.05, 0) is 36.4 Å². The van der Waals surface area contributed by atoms with Crippen molar-refractivity contribution < 1.29 is 9.15 Å². The van der Waals surface area contributed by atoms with Crippen molar-refractivity contribution in [1.82, 2.24) is 10.2 Å². The second kappa shape index (κ2) is 5.11. The SMILES string of the molecule is COc1ccc(-c2n[nH]c3c2Cc2sc(-c4ccoc4)cc2-3)cc1. The first kappa shape index (κ1) is 13.6. The molecule has 0 saturated heterocycles. The zero-order valence-corrected chi connectivity index (χ0v) is 13.8. The van der Waals surface area contributed by atoms with Gasteiger partial charge in [0.15, 0.2) is 0 Å². The summed E-state index contributed by atoms with van der Waals surface area (Å²) in [6.07, 6.45) is 4.42. The normalized spacial score (nSPS) is 12.2. The Balaban J connectivity index is 1.55. The van der Waals surface area contributed by atoms with E-state index >= 15 is 0 Å². The van der Waals surface area contributed by atoms with Gasteiger partial charge >= 0.3 is 0 Å². The second-order valence-electron chi connectivity index (χ2n) is 5.79. The highest BCUT2D eigenvalue weighted by molar-refractivity contribution is 7.16. The maximum atomic E-state index is 5.23. The van der Waals surface area contributed by atoms with Gasteiger partial charge in [0.1, 0.15) is 5.75 Å². The van der Waals surface area contributed by atoms with E-state index in [2.05, 4.69) is 28.4 Å². The van der Waals surface area contributed by atoms with Gasteiger partial charge in [-0.2, -0.15) is 5.10 Å². The Hall–Kier alpha value is -2.79. The lowest BCUT2D eigenvalue weighted by Crippen LogP contribution is -1.86. The number of ether oxygens (including phenoxy) is 1. The maximum absolute atomic E-state index is 5.23. The number of methoxy groups -OCH3 is 1. The molecule has 4 nitrogen and oxygen atoms in total. The molecule has 1 aliphatic rings. The molecule has 1 aromatic carbocycles. The number of nitrogens with zero attached hydrogens (tertiary/aromatic N) is 1. The third-order valence-corrected chi connectivity index (χ3v) is 5.64. The minimum Gasteiger partial charge on any atom is -0.497 e. The lowest BCUT2D eigenvalue weighted by atomic mass is 10.1. The first-order valence-corrected chi connectivity index (χ1v) is 8.52. The van der Waals surface area contributed by atoms with Crippen molar-refractivity contribution in [3.05, 3.63) is 59.4 Å². The molecule has 0 amide bonds. The number of aromatic amines is 1. The maximum Gasteiger partial charge on any atom is 0.118 e. The van der Waals surface area contributed by atoms with Gasteiger partial charge in [-0.25, -0.2) is 0 Å². The van der Waals surface area contributed by atoms with Crippen LogP contribution in [0.4, 0.5) is 0 Å². The van der Waals surface area contributed by atoms with Gasteiger partial charge in [0.2, 0.25) is 0 Å². The smallest absolute Gasteiger partial charge is 0.118 e. The molecule has 3 aromatic heterocycles. The molecule has 3 heterocycles. The Morgan fingerprint density at radius 3 is 2.79 bits per heavy atom. The van der Waals surface area contributed by atoms with Crippen LogP contribution in [0.25, 0.3) is 33.0 Å². The molecule has 5 rings (SSSR count). The molecule has 1 aliphatic carbocycles. The molecule has 4 aromatic rings. The van der Waals surface area contributed by atoms with Crippen LogP contribution in [0.2, 0.25) is 0 Å². The molecule has 0 aliphatic heterocycles. The van der Waals surface area contributed by atoms with Crippen molar-refractivity contribution in [2.24, 2.45) is 0 Å². The first-order chi connectivity index (χ1) is 11.8. The number of furan rings is 1. The minimum atomic E-state index is 0.856. The van der Waals surface area contributed by atoms with Crippen molar-refractivity contribution in [1.29, 1.82) is 0 Å². The summed E-state index contributed by atoms with van der Waals surface area (Å²) >= 11 is 1.82. The number of H-pyrrole nitrogens is 1. The number of hydrogen-bond donors (Lipinski definition) is 1. The average molecular weight is 334 g/mol. The van der Waals surface area contributed by atoms with Gasteiger partial charge in [0.05, 0.1) is 31.0 Å². The van der Waals surface area contributed by atoms with Crippen LogP contribution in [0.15, 0.2) is 53.3 Å². The fourth-order valence-corrected chi connectivity index (χ4v) is 4.39. The van der Waals surface area contributed by atoms with Crippen LogP contribution in [-0.4, -0.2) is 17.3 Å². The highest BCUT2D eigenvalue weighted by Gasteiger charge is 2.27. The summed E-state index contributed by atoms with van der Waals surface area (Å²) in [7, 11) is 1.68. The number of thiophene rings is 1. The van der Waals surface area contributed by atoms with Crippen LogP contribution in [-0.2, 0) is 6.42 Å². The molecule has 118 valence electrons. The van der Waals surface area contributed by atoms with Crippen LogP contribution < -0.4 is 4.74 Å². The fourth-order valence-electron chi connectivity index (χ4n) is 3.23. The highest BCUT2D eigenvalue weighted by atomic mass is 32.1. The van der Waals surface area contributed by atoms with Crippen molar-refractivity contribution in [2.45, 2.75) is 6.42 Å². The van der Waals surface area contributed by atoms with Crippen LogP contribution in [0, 0.1) is 0 Å². The van der Waals surface area contributed by atoms with Gasteiger partial charge in [-0.1, -0.05) is 0 Å². The number of nitrogens with one attached hydrogen (secondary N) is 1. The van der Waals surface area contributed by atoms with Crippen molar-refractivity contribution in [3.63, 3.8) is 0 Å². The first-order valence-electron chi connectivity index (χ1n) is 7.71. The van der Waals surface area contributed by atoms with Crippen molar-refractivity contribution in [3.8, 4) is 38.7 Å². The van der Waals surface area contributed by atoms with Crippen LogP contribution in [0.5, 0.6) is 5.75 Å². The van der Waals surface area contributed by atoms with Crippen molar-refractivity contribution >= 4 is 11.3 Å². The summed E-state index contributed by atoms with van der Waals surface area (Å²) in [6, 6.07) is 12.3. The van der Waals surface area contributed by atoms with E-state index in [9.17, 15) is 0 Å². The quantitative estimate of drug-likeness (QED) is 0.506. The van der Waals surface area contributed by atoms with Crippen LogP contribution in [0.3, 0.4) is 0 Å². The molecule has 5 heteroatoms. The van der Waals surface area contributed by atoms with E-state index < -0.39 is 0 Å². The van der Waals surface area contributed by atoms with Crippen LogP contribution >= 0.6 is 11.3 Å². The standard InChI is InChI=1S/C19H14N2O2S/c1-22-13-4-2-11(3-5-13)18-15-9-17-14(19(15)21-20-18)8-16(24-17)12-6-7-23-10-12/h2-8,10H,9H2,1H3,(H,20,21). The zero-order valence-electron chi connectivity index (χ0n) is 13.0. The number of hydrogen-bond acceptors (Lipinski definition) is 4. The minimum absolute atomic E-state index is 0.856. The summed E-state index contributed by atoms with van der Waals surface area (Å²) < 4.78 is 10.4. The van der Waals surface area contributed by atoms with Crippen LogP contribution in [0.1, 0.15) is 10.4 Å². The second-order valence-corrected chi connectivity index (χ2v) is 6.93. The van der Waals surface area contributed by atoms with E-state index in [1.54, 1.807) is 19.6 Å². The Bertz CT molecular complexity index is 1010. The fraction of sp³-hybridized carbons (Fsp3) is 0.105. The summed E-state index contributed by atoms with van der Waals surface area (Å²) in [4.78, 5) is 2.62. The number of benzene rings is 1. The molecule has 0 unspecified atom stereocenters. The van der Waals surface area contributed by atoms with Gasteiger partial charge < -0.3 is 9.15 Å². The largest absolute Gasteiger partial charge is 0.497 e. The number of aromatic nitrogens is 2. The van der Waals surface area contributed by atoms with Gasteiger partial charge in [0.25, 0.3) is 0 Å². The number of fused-ring (bicyclic) bond motifs is 3. The van der Waals surface area contributed by atoms with E-state index in [1.807, 2.05) is 29.5 Å². The summed E-state index contributed by atoms with van der Waals surface area (Å²) in [5, 5.41) is 7.78. The zero-order chi connectivity index (χ0) is 16.1. The molecule has 0 bridgehead atoms. The summed E-state index contributed by atoms with van der Waals surface area (Å²) in [6.45, 7) is 0.